The molecule has 0 spiro atoms. The van der Waals surface area contributed by atoms with Crippen molar-refractivity contribution in [2.45, 2.75) is 5.92 Å². The van der Waals surface area contributed by atoms with Gasteiger partial charge in [0.25, 0.3) is 0 Å². The number of halogens is 4. The van der Waals surface area contributed by atoms with Gasteiger partial charge in [0, 0.05) is 10.0 Å². The second kappa shape index (κ2) is 6.21. The van der Waals surface area contributed by atoms with Gasteiger partial charge in [0.1, 0.15) is 5.92 Å². The van der Waals surface area contributed by atoms with E-state index in [9.17, 15) is 18.8 Å². The van der Waals surface area contributed by atoms with Crippen LogP contribution in [0.3, 0.4) is 0 Å². The third-order valence-electron chi connectivity index (χ3n) is 2.88. The summed E-state index contributed by atoms with van der Waals surface area (Å²) in [7, 11) is 0. The lowest BCUT2D eigenvalue weighted by atomic mass is 9.91. The van der Waals surface area contributed by atoms with Crippen molar-refractivity contribution in [1.82, 2.24) is 0 Å². The maximum Gasteiger partial charge on any atom is 0.187 e. The highest BCUT2D eigenvalue weighted by Gasteiger charge is 2.27. The van der Waals surface area contributed by atoms with E-state index in [-0.39, 0.29) is 10.6 Å². The van der Waals surface area contributed by atoms with E-state index in [2.05, 4.69) is 0 Å². The highest BCUT2D eigenvalue weighted by Crippen LogP contribution is 2.30. The second-order valence-electron chi connectivity index (χ2n) is 4.19. The molecule has 1 unspecified atom stereocenters. The van der Waals surface area contributed by atoms with Crippen molar-refractivity contribution in [2.24, 2.45) is 0 Å². The molecular formula is C15H7Cl2F2NO. The maximum absolute atomic E-state index is 13.7. The first-order valence-electron chi connectivity index (χ1n) is 5.78. The molecule has 0 fully saturated rings. The van der Waals surface area contributed by atoms with Gasteiger partial charge in [0.05, 0.1) is 11.6 Å². The van der Waals surface area contributed by atoms with Gasteiger partial charge in [-0.15, -0.1) is 0 Å². The van der Waals surface area contributed by atoms with E-state index in [0.717, 1.165) is 12.1 Å². The summed E-state index contributed by atoms with van der Waals surface area (Å²) < 4.78 is 26.9. The van der Waals surface area contributed by atoms with E-state index in [1.165, 1.54) is 24.3 Å². The summed E-state index contributed by atoms with van der Waals surface area (Å²) in [5.41, 5.74) is -0.301. The molecule has 2 aromatic carbocycles. The normalized spacial score (nSPS) is 11.8. The van der Waals surface area contributed by atoms with Crippen molar-refractivity contribution in [1.29, 1.82) is 5.26 Å². The zero-order valence-electron chi connectivity index (χ0n) is 10.4. The van der Waals surface area contributed by atoms with Crippen LogP contribution < -0.4 is 0 Å². The molecule has 0 saturated heterocycles. The van der Waals surface area contributed by atoms with Crippen LogP contribution in [-0.2, 0) is 0 Å². The molecule has 2 rings (SSSR count). The Kier molecular flexibility index (Phi) is 4.56. The molecule has 2 aromatic rings. The summed E-state index contributed by atoms with van der Waals surface area (Å²) in [6, 6.07) is 9.21. The second-order valence-corrected chi connectivity index (χ2v) is 5.04. The largest absolute Gasteiger partial charge is 0.292 e. The molecule has 21 heavy (non-hydrogen) atoms. The summed E-state index contributed by atoms with van der Waals surface area (Å²) in [6.45, 7) is 0. The van der Waals surface area contributed by atoms with Gasteiger partial charge in [0.15, 0.2) is 17.4 Å². The molecule has 0 aliphatic rings. The molecule has 0 radical (unpaired) electrons. The van der Waals surface area contributed by atoms with Crippen LogP contribution in [0.5, 0.6) is 0 Å². The van der Waals surface area contributed by atoms with Crippen molar-refractivity contribution in [3.8, 4) is 6.07 Å². The van der Waals surface area contributed by atoms with Crippen LogP contribution in [0.25, 0.3) is 0 Å². The zero-order valence-corrected chi connectivity index (χ0v) is 11.9. The standard InChI is InChI=1S/C15H7Cl2F2NO/c16-8-4-5-9(12(17)6-8)11(7-20)15(21)10-2-1-3-13(18)14(10)19/h1-6,11H. The van der Waals surface area contributed by atoms with Crippen molar-refractivity contribution in [3.63, 3.8) is 0 Å². The van der Waals surface area contributed by atoms with Gasteiger partial charge >= 0.3 is 0 Å². The zero-order chi connectivity index (χ0) is 15.6. The molecule has 1 atom stereocenters. The smallest absolute Gasteiger partial charge is 0.187 e. The van der Waals surface area contributed by atoms with E-state index in [0.29, 0.717) is 5.02 Å². The number of ketones is 1. The predicted molar refractivity (Wildman–Crippen MR) is 75.5 cm³/mol. The predicted octanol–water partition coefficient (Wildman–Crippen LogP) is 4.76. The van der Waals surface area contributed by atoms with Gasteiger partial charge in [-0.25, -0.2) is 8.78 Å². The Labute approximate surface area is 129 Å². The van der Waals surface area contributed by atoms with Crippen LogP contribution in [0.2, 0.25) is 10.0 Å². The first-order valence-corrected chi connectivity index (χ1v) is 6.54. The Bertz CT molecular complexity index is 756. The fourth-order valence-electron chi connectivity index (χ4n) is 1.85. The first-order chi connectivity index (χ1) is 9.95. The highest BCUT2D eigenvalue weighted by atomic mass is 35.5. The first kappa shape index (κ1) is 15.4. The molecule has 0 aliphatic heterocycles. The van der Waals surface area contributed by atoms with E-state index >= 15 is 0 Å². The van der Waals surface area contributed by atoms with Crippen LogP contribution in [0, 0.1) is 23.0 Å². The Balaban J connectivity index is 2.49. The van der Waals surface area contributed by atoms with Crippen molar-refractivity contribution in [3.05, 3.63) is 69.2 Å². The lowest BCUT2D eigenvalue weighted by Crippen LogP contribution is -2.14. The topological polar surface area (TPSA) is 40.9 Å². The van der Waals surface area contributed by atoms with Gasteiger partial charge in [-0.3, -0.25) is 4.79 Å². The number of benzene rings is 2. The third kappa shape index (κ3) is 3.05. The molecule has 0 heterocycles. The molecule has 0 amide bonds. The Morgan fingerprint density at radius 1 is 1.19 bits per heavy atom. The summed E-state index contributed by atoms with van der Waals surface area (Å²) in [6.07, 6.45) is 0. The highest BCUT2D eigenvalue weighted by molar-refractivity contribution is 6.35. The van der Waals surface area contributed by atoms with E-state index in [1.807, 2.05) is 0 Å². The van der Waals surface area contributed by atoms with Crippen LogP contribution in [0.1, 0.15) is 21.8 Å². The molecule has 6 heteroatoms. The Morgan fingerprint density at radius 3 is 2.52 bits per heavy atom. The average molecular weight is 326 g/mol. The van der Waals surface area contributed by atoms with Gasteiger partial charge in [-0.2, -0.15) is 5.26 Å². The van der Waals surface area contributed by atoms with Crippen LogP contribution >= 0.6 is 23.2 Å². The summed E-state index contributed by atoms with van der Waals surface area (Å²) >= 11 is 11.7. The summed E-state index contributed by atoms with van der Waals surface area (Å²) in [5.74, 6) is -4.64. The quantitative estimate of drug-likeness (QED) is 0.763. The minimum absolute atomic E-state index is 0.110. The number of hydrogen-bond donors (Lipinski definition) is 0. The van der Waals surface area contributed by atoms with Crippen molar-refractivity contribution in [2.75, 3.05) is 0 Å². The SMILES string of the molecule is N#CC(C(=O)c1cccc(F)c1F)c1ccc(Cl)cc1Cl. The number of carbonyl (C=O) groups is 1. The van der Waals surface area contributed by atoms with Crippen LogP contribution in [-0.4, -0.2) is 5.78 Å². The number of nitriles is 1. The molecule has 0 bridgehead atoms. The van der Waals surface area contributed by atoms with E-state index in [1.54, 1.807) is 6.07 Å². The molecule has 0 aliphatic carbocycles. The van der Waals surface area contributed by atoms with Crippen molar-refractivity contribution < 1.29 is 13.6 Å². The molecule has 2 nitrogen and oxygen atoms in total. The van der Waals surface area contributed by atoms with Gasteiger partial charge in [-0.1, -0.05) is 35.3 Å². The fourth-order valence-corrected chi connectivity index (χ4v) is 2.37. The Hall–Kier alpha value is -1.96. The number of carbonyl (C=O) groups excluding carboxylic acids is 1. The lowest BCUT2D eigenvalue weighted by Gasteiger charge is -2.11. The number of rotatable bonds is 3. The third-order valence-corrected chi connectivity index (χ3v) is 3.44. The summed E-state index contributed by atoms with van der Waals surface area (Å²) in [4.78, 5) is 12.3. The molecule has 0 aromatic heterocycles. The summed E-state index contributed by atoms with van der Waals surface area (Å²) in [5, 5.41) is 9.63. The monoisotopic (exact) mass is 325 g/mol. The molecular weight excluding hydrogens is 319 g/mol. The van der Waals surface area contributed by atoms with Gasteiger partial charge < -0.3 is 0 Å². The van der Waals surface area contributed by atoms with Crippen LogP contribution in [0.15, 0.2) is 36.4 Å². The molecule has 0 N–H and O–H groups in total. The molecule has 106 valence electrons. The Morgan fingerprint density at radius 2 is 1.90 bits per heavy atom. The van der Waals surface area contributed by atoms with E-state index < -0.39 is 28.9 Å². The number of Topliss-reactive ketones (excluding diaryl/α,β-unsaturated/α-hetero) is 1. The fraction of sp³-hybridized carbons (Fsp3) is 0.0667. The minimum atomic E-state index is -1.34. The average Bonchev–Trinajstić information content (AvgIpc) is 2.44. The van der Waals surface area contributed by atoms with E-state index in [4.69, 9.17) is 23.2 Å². The lowest BCUT2D eigenvalue weighted by molar-refractivity contribution is 0.0974. The number of nitrogens with zero attached hydrogens (tertiary/aromatic N) is 1. The minimum Gasteiger partial charge on any atom is -0.292 e. The maximum atomic E-state index is 13.7. The van der Waals surface area contributed by atoms with Gasteiger partial charge in [-0.05, 0) is 29.8 Å². The molecule has 0 saturated carbocycles. The van der Waals surface area contributed by atoms with Gasteiger partial charge in [0.2, 0.25) is 0 Å². The number of hydrogen-bond acceptors (Lipinski definition) is 2. The van der Waals surface area contributed by atoms with Crippen LogP contribution in [0.4, 0.5) is 8.78 Å². The van der Waals surface area contributed by atoms with Crippen molar-refractivity contribution >= 4 is 29.0 Å².